The van der Waals surface area contributed by atoms with E-state index < -0.39 is 5.97 Å². The number of halogens is 1. The molecule has 0 aliphatic carbocycles. The quantitative estimate of drug-likeness (QED) is 0.741. The number of allylic oxidation sites excluding steroid dienone is 2. The van der Waals surface area contributed by atoms with Gasteiger partial charge in [-0.25, -0.2) is 9.18 Å². The number of aromatic hydroxyl groups is 1. The maximum atomic E-state index is 10.9. The van der Waals surface area contributed by atoms with Crippen LogP contribution in [0.15, 0.2) is 36.4 Å². The van der Waals surface area contributed by atoms with Gasteiger partial charge < -0.3 is 10.2 Å². The molecule has 0 aromatic heterocycles. The van der Waals surface area contributed by atoms with E-state index in [1.807, 2.05) is 0 Å². The number of rotatable bonds is 2. The van der Waals surface area contributed by atoms with E-state index in [-0.39, 0.29) is 18.0 Å². The second-order valence-electron chi connectivity index (χ2n) is 2.58. The van der Waals surface area contributed by atoms with Crippen molar-refractivity contribution in [3.05, 3.63) is 42.0 Å². The molecule has 0 atom stereocenters. The Balaban J connectivity index is 0.000000336. The van der Waals surface area contributed by atoms with Crippen LogP contribution in [0.4, 0.5) is 4.39 Å². The van der Waals surface area contributed by atoms with Crippen molar-refractivity contribution in [1.29, 1.82) is 0 Å². The molecule has 0 amide bonds. The number of carboxylic acid groups (broad SMARTS) is 1. The lowest BCUT2D eigenvalue weighted by Crippen LogP contribution is -1.93. The normalized spacial score (nSPS) is 9.47. The molecule has 0 heterocycles. The summed E-state index contributed by atoms with van der Waals surface area (Å²) >= 11 is 0. The van der Waals surface area contributed by atoms with Crippen molar-refractivity contribution in [2.45, 2.75) is 6.92 Å². The van der Waals surface area contributed by atoms with Crippen LogP contribution in [0, 0.1) is 0 Å². The number of hydrogen-bond acceptors (Lipinski definition) is 2. The lowest BCUT2D eigenvalue weighted by Gasteiger charge is -1.92. The minimum absolute atomic E-state index is 0.0741. The molecular weight excluding hydrogens is 199 g/mol. The minimum atomic E-state index is -0.986. The average molecular weight is 212 g/mol. The van der Waals surface area contributed by atoms with Crippen LogP contribution in [0.5, 0.6) is 5.75 Å². The van der Waals surface area contributed by atoms with Crippen LogP contribution < -0.4 is 0 Å². The lowest BCUT2D eigenvalue weighted by atomic mass is 10.2. The molecule has 0 bridgehead atoms. The maximum absolute atomic E-state index is 10.9. The number of carboxylic acids is 1. The smallest absolute Gasteiger partial charge is 0.335 e. The first kappa shape index (κ1) is 13.2. The van der Waals surface area contributed by atoms with E-state index in [2.05, 4.69) is 0 Å². The van der Waals surface area contributed by atoms with Crippen LogP contribution in [0.3, 0.4) is 0 Å². The molecule has 3 nitrogen and oxygen atoms in total. The fraction of sp³-hybridized carbons (Fsp3) is 0.182. The van der Waals surface area contributed by atoms with Gasteiger partial charge in [0.25, 0.3) is 0 Å². The highest BCUT2D eigenvalue weighted by molar-refractivity contribution is 5.87. The Labute approximate surface area is 87.5 Å². The Morgan fingerprint density at radius 2 is 1.93 bits per heavy atom. The first-order valence-corrected chi connectivity index (χ1v) is 4.31. The second-order valence-corrected chi connectivity index (χ2v) is 2.58. The van der Waals surface area contributed by atoms with E-state index >= 15 is 0 Å². The van der Waals surface area contributed by atoms with E-state index in [4.69, 9.17) is 10.2 Å². The number of phenolic OH excluding ortho intramolecular Hbond substituents is 1. The summed E-state index contributed by atoms with van der Waals surface area (Å²) in [7, 11) is 0. The van der Waals surface area contributed by atoms with Crippen molar-refractivity contribution in [2.24, 2.45) is 0 Å². The molecule has 0 spiro atoms. The molecule has 0 unspecified atom stereocenters. The summed E-state index contributed by atoms with van der Waals surface area (Å²) in [6.45, 7) is 1.45. The van der Waals surface area contributed by atoms with Gasteiger partial charge in [0.05, 0.1) is 5.56 Å². The van der Waals surface area contributed by atoms with Crippen molar-refractivity contribution in [3.63, 3.8) is 0 Å². The average Bonchev–Trinajstić information content (AvgIpc) is 2.20. The molecule has 4 heteroatoms. The highest BCUT2D eigenvalue weighted by atomic mass is 19.1. The largest absolute Gasteiger partial charge is 0.508 e. The molecule has 1 aromatic rings. The Morgan fingerprint density at radius 3 is 2.20 bits per heavy atom. The summed E-state index contributed by atoms with van der Waals surface area (Å²) in [5.41, 5.74) is 0.179. The highest BCUT2D eigenvalue weighted by Crippen LogP contribution is 2.08. The number of benzene rings is 1. The van der Waals surface area contributed by atoms with Crippen molar-refractivity contribution in [3.8, 4) is 5.75 Å². The molecule has 0 saturated carbocycles. The third-order valence-electron chi connectivity index (χ3n) is 1.44. The van der Waals surface area contributed by atoms with E-state index in [1.165, 1.54) is 30.3 Å². The van der Waals surface area contributed by atoms with Crippen LogP contribution in [0.25, 0.3) is 0 Å². The summed E-state index contributed by atoms with van der Waals surface area (Å²) in [5.74, 6) is -0.912. The monoisotopic (exact) mass is 212 g/mol. The van der Waals surface area contributed by atoms with Crippen molar-refractivity contribution in [1.82, 2.24) is 0 Å². The molecule has 2 N–H and O–H groups in total. The zero-order valence-electron chi connectivity index (χ0n) is 8.35. The highest BCUT2D eigenvalue weighted by Gasteiger charge is 1.99. The summed E-state index contributed by atoms with van der Waals surface area (Å²) in [6.07, 6.45) is 3.14. The topological polar surface area (TPSA) is 57.5 Å². The molecule has 0 radical (unpaired) electrons. The summed E-state index contributed by atoms with van der Waals surface area (Å²) in [5, 5.41) is 17.1. The Kier molecular flexibility index (Phi) is 6.63. The van der Waals surface area contributed by atoms with Crippen LogP contribution in [-0.2, 0) is 0 Å². The van der Waals surface area contributed by atoms with Gasteiger partial charge >= 0.3 is 5.97 Å². The predicted molar refractivity (Wildman–Crippen MR) is 55.9 cm³/mol. The van der Waals surface area contributed by atoms with E-state index in [0.29, 0.717) is 0 Å². The van der Waals surface area contributed by atoms with Crippen molar-refractivity contribution in [2.75, 3.05) is 6.67 Å². The van der Waals surface area contributed by atoms with E-state index in [0.717, 1.165) is 0 Å². The van der Waals surface area contributed by atoms with Crippen LogP contribution in [0.1, 0.15) is 17.3 Å². The van der Waals surface area contributed by atoms with Gasteiger partial charge in [-0.1, -0.05) is 12.2 Å². The number of alkyl halides is 1. The number of phenols is 1. The number of aromatic carboxylic acids is 1. The van der Waals surface area contributed by atoms with Crippen molar-refractivity contribution >= 4 is 5.97 Å². The van der Waals surface area contributed by atoms with Crippen LogP contribution in [0.2, 0.25) is 0 Å². The van der Waals surface area contributed by atoms with Gasteiger partial charge in [0, 0.05) is 0 Å². The third-order valence-corrected chi connectivity index (χ3v) is 1.44. The maximum Gasteiger partial charge on any atom is 0.335 e. The molecule has 0 saturated heterocycles. The summed E-state index contributed by atoms with van der Waals surface area (Å²) < 4.78 is 10.9. The third kappa shape index (κ3) is 6.26. The molecule has 1 rings (SSSR count). The van der Waals surface area contributed by atoms with Crippen LogP contribution in [-0.4, -0.2) is 22.9 Å². The summed E-state index contributed by atoms with van der Waals surface area (Å²) in [6, 6.07) is 5.36. The lowest BCUT2D eigenvalue weighted by molar-refractivity contribution is 0.0697. The molecule has 15 heavy (non-hydrogen) atoms. The van der Waals surface area contributed by atoms with Gasteiger partial charge in [-0.15, -0.1) is 0 Å². The van der Waals surface area contributed by atoms with Gasteiger partial charge in [-0.05, 0) is 31.2 Å². The molecule has 82 valence electrons. The molecule has 0 aliphatic heterocycles. The first-order valence-electron chi connectivity index (χ1n) is 4.31. The van der Waals surface area contributed by atoms with Crippen molar-refractivity contribution < 1.29 is 19.4 Å². The van der Waals surface area contributed by atoms with Gasteiger partial charge in [0.2, 0.25) is 0 Å². The predicted octanol–water partition coefficient (Wildman–Crippen LogP) is 2.62. The zero-order chi connectivity index (χ0) is 11.7. The number of carbonyl (C=O) groups is 1. The van der Waals surface area contributed by atoms with E-state index in [9.17, 15) is 9.18 Å². The SMILES string of the molecule is C/C=C/CF.O=C(O)c1ccc(O)cc1. The number of hydrogen-bond donors (Lipinski definition) is 2. The van der Waals surface area contributed by atoms with E-state index in [1.54, 1.807) is 13.0 Å². The van der Waals surface area contributed by atoms with Gasteiger partial charge in [0.15, 0.2) is 0 Å². The Bertz CT molecular complexity index is 317. The Hall–Kier alpha value is -1.84. The molecule has 0 aliphatic rings. The summed E-state index contributed by atoms with van der Waals surface area (Å²) in [4.78, 5) is 10.2. The molecule has 1 aromatic carbocycles. The standard InChI is InChI=1S/C7H6O3.C4H7F/c8-6-3-1-5(2-4-6)7(9)10;1-2-3-4-5/h1-4,8H,(H,9,10);2-3H,4H2,1H3/b;3-2+. The van der Waals surface area contributed by atoms with Gasteiger partial charge in [-0.2, -0.15) is 0 Å². The Morgan fingerprint density at radius 1 is 1.40 bits per heavy atom. The molecule has 0 fully saturated rings. The van der Waals surface area contributed by atoms with Gasteiger partial charge in [0.1, 0.15) is 12.4 Å². The second kappa shape index (κ2) is 7.55. The minimum Gasteiger partial charge on any atom is -0.508 e. The van der Waals surface area contributed by atoms with Crippen LogP contribution >= 0.6 is 0 Å². The first-order chi connectivity index (χ1) is 7.11. The fourth-order valence-corrected chi connectivity index (χ4v) is 0.693. The fourth-order valence-electron chi connectivity index (χ4n) is 0.693. The van der Waals surface area contributed by atoms with Gasteiger partial charge in [-0.3, -0.25) is 0 Å². The zero-order valence-corrected chi connectivity index (χ0v) is 8.35. The molecular formula is C11H13FO3.